The molecule has 1 saturated carbocycles. The van der Waals surface area contributed by atoms with E-state index >= 15 is 0 Å². The van der Waals surface area contributed by atoms with Crippen LogP contribution in [0.2, 0.25) is 0 Å². The summed E-state index contributed by atoms with van der Waals surface area (Å²) in [5, 5.41) is 11.7. The van der Waals surface area contributed by atoms with E-state index in [1.54, 1.807) is 30.5 Å². The predicted octanol–water partition coefficient (Wildman–Crippen LogP) is 3.65. The number of pyridine rings is 1. The molecule has 162 valence electrons. The third-order valence-electron chi connectivity index (χ3n) is 5.12. The highest BCUT2D eigenvalue weighted by atomic mass is 32.2. The molecule has 0 spiro atoms. The zero-order valence-electron chi connectivity index (χ0n) is 17.3. The molecule has 1 aromatic carbocycles. The summed E-state index contributed by atoms with van der Waals surface area (Å²) in [6.45, 7) is 2.26. The molecule has 1 heterocycles. The van der Waals surface area contributed by atoms with Crippen molar-refractivity contribution in [3.8, 4) is 11.5 Å². The zero-order chi connectivity index (χ0) is 21.9. The molecule has 1 aliphatic rings. The Hall–Kier alpha value is -2.68. The Kier molecular flexibility index (Phi) is 6.60. The maximum absolute atomic E-state index is 12.1. The van der Waals surface area contributed by atoms with Crippen LogP contribution in [0, 0.1) is 10.1 Å². The van der Waals surface area contributed by atoms with Crippen molar-refractivity contribution in [2.75, 3.05) is 25.7 Å². The highest BCUT2D eigenvalue weighted by Gasteiger charge is 2.29. The van der Waals surface area contributed by atoms with Crippen molar-refractivity contribution in [1.82, 2.24) is 4.98 Å². The van der Waals surface area contributed by atoms with Gasteiger partial charge in [-0.1, -0.05) is 6.07 Å². The summed E-state index contributed by atoms with van der Waals surface area (Å²) in [5.74, 6) is 0.711. The lowest BCUT2D eigenvalue weighted by Gasteiger charge is -2.19. The van der Waals surface area contributed by atoms with Crippen molar-refractivity contribution in [3.63, 3.8) is 0 Å². The molecule has 2 aromatic rings. The summed E-state index contributed by atoms with van der Waals surface area (Å²) >= 11 is 0. The van der Waals surface area contributed by atoms with Crippen LogP contribution in [0.3, 0.4) is 0 Å². The van der Waals surface area contributed by atoms with E-state index < -0.39 is 20.7 Å². The molecular formula is C21H26N2O6S. The lowest BCUT2D eigenvalue weighted by Crippen LogP contribution is -2.17. The quantitative estimate of drug-likeness (QED) is 0.415. The van der Waals surface area contributed by atoms with Crippen LogP contribution in [0.5, 0.6) is 11.5 Å². The SMILES string of the molecule is CCOc1cc([C@H](Cc2ncc(C3CC3)cc2[N+](=O)[O-])CS(C)(=O)=O)ccc1OC. The molecule has 1 aromatic heterocycles. The first kappa shape index (κ1) is 22.0. The maximum atomic E-state index is 12.1. The summed E-state index contributed by atoms with van der Waals surface area (Å²) in [4.78, 5) is 15.6. The van der Waals surface area contributed by atoms with Gasteiger partial charge in [-0.15, -0.1) is 0 Å². The van der Waals surface area contributed by atoms with Crippen LogP contribution in [0.15, 0.2) is 30.5 Å². The summed E-state index contributed by atoms with van der Waals surface area (Å²) in [6.07, 6.45) is 5.00. The minimum atomic E-state index is -3.35. The molecule has 30 heavy (non-hydrogen) atoms. The number of benzene rings is 1. The van der Waals surface area contributed by atoms with Crippen LogP contribution >= 0.6 is 0 Å². The third kappa shape index (κ3) is 5.47. The van der Waals surface area contributed by atoms with Crippen LogP contribution in [-0.2, 0) is 16.3 Å². The molecule has 0 N–H and O–H groups in total. The molecular weight excluding hydrogens is 408 g/mol. The second kappa shape index (κ2) is 8.99. The molecule has 0 amide bonds. The fourth-order valence-corrected chi connectivity index (χ4v) is 4.58. The Morgan fingerprint density at radius 1 is 1.27 bits per heavy atom. The van der Waals surface area contributed by atoms with Crippen molar-refractivity contribution in [1.29, 1.82) is 0 Å². The second-order valence-electron chi connectivity index (χ2n) is 7.60. The molecule has 9 heteroatoms. The first-order valence-electron chi connectivity index (χ1n) is 9.83. The van der Waals surface area contributed by atoms with Crippen LogP contribution in [0.1, 0.15) is 48.4 Å². The average Bonchev–Trinajstić information content (AvgIpc) is 3.52. The minimum Gasteiger partial charge on any atom is -0.493 e. The van der Waals surface area contributed by atoms with Gasteiger partial charge in [0, 0.05) is 30.9 Å². The number of nitro groups is 1. The molecule has 0 bridgehead atoms. The van der Waals surface area contributed by atoms with Gasteiger partial charge in [-0.2, -0.15) is 0 Å². The Labute approximate surface area is 176 Å². The minimum absolute atomic E-state index is 0.0588. The Morgan fingerprint density at radius 2 is 2.00 bits per heavy atom. The Morgan fingerprint density at radius 3 is 2.57 bits per heavy atom. The van der Waals surface area contributed by atoms with Gasteiger partial charge in [0.15, 0.2) is 11.5 Å². The molecule has 0 saturated heterocycles. The normalized spacial score (nSPS) is 14.9. The fraction of sp³-hybridized carbons (Fsp3) is 0.476. The van der Waals surface area contributed by atoms with E-state index in [-0.39, 0.29) is 23.6 Å². The Balaban J connectivity index is 1.99. The van der Waals surface area contributed by atoms with Crippen molar-refractivity contribution >= 4 is 15.5 Å². The van der Waals surface area contributed by atoms with Crippen molar-refractivity contribution in [2.45, 2.75) is 38.0 Å². The number of methoxy groups -OCH3 is 1. The van der Waals surface area contributed by atoms with Gasteiger partial charge < -0.3 is 9.47 Å². The topological polar surface area (TPSA) is 109 Å². The number of hydrogen-bond donors (Lipinski definition) is 0. The smallest absolute Gasteiger partial charge is 0.291 e. The standard InChI is InChI=1S/C21H26N2O6S/c1-4-29-21-11-15(7-8-20(21)28-2)17(13-30(3,26)27)9-18-19(23(24)25)10-16(12-22-18)14-5-6-14/h7-8,10-12,14,17H,4-6,9,13H2,1-3H3/t17-/m1/s1. The lowest BCUT2D eigenvalue weighted by atomic mass is 9.94. The molecule has 3 rings (SSSR count). The first-order chi connectivity index (χ1) is 14.2. The molecule has 1 atom stereocenters. The number of hydrogen-bond acceptors (Lipinski definition) is 7. The van der Waals surface area contributed by atoms with Gasteiger partial charge in [-0.3, -0.25) is 15.1 Å². The summed E-state index contributed by atoms with van der Waals surface area (Å²) in [5.41, 5.74) is 1.79. The molecule has 0 aliphatic heterocycles. The van der Waals surface area contributed by atoms with Gasteiger partial charge in [0.1, 0.15) is 15.5 Å². The van der Waals surface area contributed by atoms with Gasteiger partial charge in [0.25, 0.3) is 5.69 Å². The summed E-state index contributed by atoms with van der Waals surface area (Å²) in [6, 6.07) is 6.80. The number of nitrogens with zero attached hydrogens (tertiary/aromatic N) is 2. The highest BCUT2D eigenvalue weighted by Crippen LogP contribution is 2.41. The van der Waals surface area contributed by atoms with Crippen LogP contribution in [0.25, 0.3) is 0 Å². The number of ether oxygens (including phenoxy) is 2. The van der Waals surface area contributed by atoms with E-state index in [1.807, 2.05) is 6.92 Å². The predicted molar refractivity (Wildman–Crippen MR) is 113 cm³/mol. The molecule has 1 fully saturated rings. The van der Waals surface area contributed by atoms with Crippen LogP contribution in [0.4, 0.5) is 5.69 Å². The van der Waals surface area contributed by atoms with Crippen LogP contribution in [-0.4, -0.2) is 44.1 Å². The Bertz CT molecular complexity index is 1030. The third-order valence-corrected chi connectivity index (χ3v) is 6.12. The van der Waals surface area contributed by atoms with Gasteiger partial charge in [-0.05, 0) is 48.9 Å². The number of aromatic nitrogens is 1. The van der Waals surface area contributed by atoms with Gasteiger partial charge >= 0.3 is 0 Å². The van der Waals surface area contributed by atoms with E-state index in [2.05, 4.69) is 4.98 Å². The monoisotopic (exact) mass is 434 g/mol. The van der Waals surface area contributed by atoms with Crippen LogP contribution < -0.4 is 9.47 Å². The van der Waals surface area contributed by atoms with Gasteiger partial charge in [-0.25, -0.2) is 8.42 Å². The molecule has 1 aliphatic carbocycles. The lowest BCUT2D eigenvalue weighted by molar-refractivity contribution is -0.386. The average molecular weight is 435 g/mol. The fourth-order valence-electron chi connectivity index (χ4n) is 3.54. The summed E-state index contributed by atoms with van der Waals surface area (Å²) < 4.78 is 35.1. The van der Waals surface area contributed by atoms with E-state index in [0.717, 1.165) is 24.7 Å². The summed E-state index contributed by atoms with van der Waals surface area (Å²) in [7, 11) is -1.82. The highest BCUT2D eigenvalue weighted by molar-refractivity contribution is 7.90. The number of sulfone groups is 1. The molecule has 0 unspecified atom stereocenters. The molecule has 0 radical (unpaired) electrons. The van der Waals surface area contributed by atoms with Crippen molar-refractivity contribution in [3.05, 3.63) is 57.4 Å². The van der Waals surface area contributed by atoms with E-state index in [9.17, 15) is 18.5 Å². The van der Waals surface area contributed by atoms with Gasteiger partial charge in [0.05, 0.1) is 24.4 Å². The molecule has 8 nitrogen and oxygen atoms in total. The second-order valence-corrected chi connectivity index (χ2v) is 9.79. The van der Waals surface area contributed by atoms with E-state index in [0.29, 0.717) is 29.6 Å². The van der Waals surface area contributed by atoms with E-state index in [1.165, 1.54) is 7.11 Å². The van der Waals surface area contributed by atoms with Gasteiger partial charge in [0.2, 0.25) is 0 Å². The number of rotatable bonds is 10. The van der Waals surface area contributed by atoms with Crippen molar-refractivity contribution < 1.29 is 22.8 Å². The van der Waals surface area contributed by atoms with Crippen molar-refractivity contribution in [2.24, 2.45) is 0 Å². The maximum Gasteiger partial charge on any atom is 0.291 e. The largest absolute Gasteiger partial charge is 0.493 e. The first-order valence-corrected chi connectivity index (χ1v) is 11.9. The van der Waals surface area contributed by atoms with E-state index in [4.69, 9.17) is 9.47 Å². The zero-order valence-corrected chi connectivity index (χ0v) is 18.1.